The zero-order chi connectivity index (χ0) is 30.2. The number of nitrogens with two attached hydrogens (primary N) is 1. The SMILES string of the molecule is CC(C)OC(N)=O.O=C(Nc1ccc(-c2cnc(C3CCCCC3)s2)c(C(F)(F)F)c1)Oc1ccc([N+](=O)[O-])cc1. The van der Waals surface area contributed by atoms with Gasteiger partial charge in [-0.15, -0.1) is 11.3 Å². The van der Waals surface area contributed by atoms with Gasteiger partial charge in [0.1, 0.15) is 5.75 Å². The molecule has 0 atom stereocenters. The normalized spacial score (nSPS) is 13.6. The number of nitrogens with zero attached hydrogens (tertiary/aromatic N) is 2. The van der Waals surface area contributed by atoms with Crippen LogP contribution < -0.4 is 15.8 Å². The van der Waals surface area contributed by atoms with Crippen LogP contribution in [0.4, 0.5) is 34.1 Å². The summed E-state index contributed by atoms with van der Waals surface area (Å²) in [6.45, 7) is 3.48. The number of benzene rings is 2. The molecule has 1 fully saturated rings. The molecule has 2 amide bonds. The molecule has 1 heterocycles. The number of hydrogen-bond donors (Lipinski definition) is 2. The van der Waals surface area contributed by atoms with E-state index in [1.807, 2.05) is 0 Å². The second-order valence-corrected chi connectivity index (χ2v) is 10.5. The molecule has 0 radical (unpaired) electrons. The van der Waals surface area contributed by atoms with Crippen LogP contribution in [0.25, 0.3) is 10.4 Å². The highest BCUT2D eigenvalue weighted by Gasteiger charge is 2.35. The highest BCUT2D eigenvalue weighted by Crippen LogP contribution is 2.43. The van der Waals surface area contributed by atoms with Gasteiger partial charge in [-0.1, -0.05) is 25.3 Å². The molecule has 1 aliphatic rings. The monoisotopic (exact) mass is 594 g/mol. The Morgan fingerprint density at radius 3 is 2.32 bits per heavy atom. The molecule has 2 aromatic carbocycles. The van der Waals surface area contributed by atoms with E-state index in [1.54, 1.807) is 13.8 Å². The zero-order valence-electron chi connectivity index (χ0n) is 22.3. The minimum absolute atomic E-state index is 0.00125. The van der Waals surface area contributed by atoms with Crippen molar-refractivity contribution in [2.75, 3.05) is 5.32 Å². The number of carbonyl (C=O) groups is 2. The third kappa shape index (κ3) is 9.45. The Hall–Kier alpha value is -4.20. The van der Waals surface area contributed by atoms with Crippen LogP contribution in [0, 0.1) is 10.1 Å². The number of halogens is 3. The molecule has 4 rings (SSSR count). The number of amides is 2. The van der Waals surface area contributed by atoms with Crippen LogP contribution in [0.5, 0.6) is 5.75 Å². The maximum atomic E-state index is 13.8. The van der Waals surface area contributed by atoms with Gasteiger partial charge in [0, 0.05) is 35.5 Å². The lowest BCUT2D eigenvalue weighted by molar-refractivity contribution is -0.384. The van der Waals surface area contributed by atoms with E-state index in [1.165, 1.54) is 48.2 Å². The number of rotatable bonds is 6. The predicted molar refractivity (Wildman–Crippen MR) is 147 cm³/mol. The summed E-state index contributed by atoms with van der Waals surface area (Å²) in [7, 11) is 0. The van der Waals surface area contributed by atoms with Crippen LogP contribution in [0.3, 0.4) is 0 Å². The highest BCUT2D eigenvalue weighted by atomic mass is 32.1. The van der Waals surface area contributed by atoms with Gasteiger partial charge in [0.05, 0.1) is 26.5 Å². The minimum atomic E-state index is -4.65. The van der Waals surface area contributed by atoms with E-state index in [4.69, 9.17) is 4.74 Å². The third-order valence-electron chi connectivity index (χ3n) is 5.92. The molecule has 1 aliphatic carbocycles. The quantitative estimate of drug-likeness (QED) is 0.218. The maximum absolute atomic E-state index is 13.8. The van der Waals surface area contributed by atoms with Crippen molar-refractivity contribution in [2.24, 2.45) is 5.73 Å². The summed E-state index contributed by atoms with van der Waals surface area (Å²) in [5.41, 5.74) is 3.46. The number of anilines is 1. The number of nitro benzene ring substituents is 1. The van der Waals surface area contributed by atoms with E-state index in [-0.39, 0.29) is 34.7 Å². The van der Waals surface area contributed by atoms with Gasteiger partial charge in [-0.3, -0.25) is 15.4 Å². The Balaban J connectivity index is 0.000000587. The fourth-order valence-electron chi connectivity index (χ4n) is 4.14. The lowest BCUT2D eigenvalue weighted by atomic mass is 9.90. The Morgan fingerprint density at radius 2 is 1.78 bits per heavy atom. The van der Waals surface area contributed by atoms with Crippen LogP contribution in [0.15, 0.2) is 48.7 Å². The number of nitro groups is 1. The summed E-state index contributed by atoms with van der Waals surface area (Å²) >= 11 is 1.28. The van der Waals surface area contributed by atoms with Crippen molar-refractivity contribution < 1.29 is 37.2 Å². The minimum Gasteiger partial charge on any atom is -0.447 e. The standard InChI is InChI=1S/C23H20F3N3O4S.C4H9NO2/c24-23(25,26)19-12-15(28-22(30)33-17-9-7-16(8-10-17)29(31)32)6-11-18(19)20-13-27-21(34-20)14-4-2-1-3-5-14;1-3(2)7-4(5)6/h6-14H,1-5H2,(H,28,30);3H,1-2H3,(H2,5,6). The molecule has 0 spiro atoms. The van der Waals surface area contributed by atoms with Crippen LogP contribution in [0.1, 0.15) is 62.4 Å². The largest absolute Gasteiger partial charge is 0.447 e. The van der Waals surface area contributed by atoms with Crippen molar-refractivity contribution in [3.8, 4) is 16.2 Å². The highest BCUT2D eigenvalue weighted by molar-refractivity contribution is 7.15. The summed E-state index contributed by atoms with van der Waals surface area (Å²) in [5.74, 6) is 0.299. The second kappa shape index (κ2) is 13.9. The average Bonchev–Trinajstić information content (AvgIpc) is 3.39. The number of primary amides is 1. The van der Waals surface area contributed by atoms with Crippen LogP contribution in [0.2, 0.25) is 0 Å². The number of ether oxygens (including phenoxy) is 2. The Labute approximate surface area is 237 Å². The maximum Gasteiger partial charge on any atom is 0.417 e. The number of nitrogens with one attached hydrogen (secondary N) is 1. The average molecular weight is 595 g/mol. The molecule has 14 heteroatoms. The van der Waals surface area contributed by atoms with Gasteiger partial charge in [-0.2, -0.15) is 13.2 Å². The smallest absolute Gasteiger partial charge is 0.417 e. The van der Waals surface area contributed by atoms with E-state index in [0.717, 1.165) is 48.9 Å². The molecule has 3 N–H and O–H groups in total. The van der Waals surface area contributed by atoms with Crippen LogP contribution in [-0.2, 0) is 10.9 Å². The Bertz CT molecular complexity index is 1360. The first-order valence-corrected chi connectivity index (χ1v) is 13.5. The number of carbonyl (C=O) groups excluding carboxylic acids is 2. The topological polar surface area (TPSA) is 147 Å². The van der Waals surface area contributed by atoms with Gasteiger partial charge >= 0.3 is 18.4 Å². The second-order valence-electron chi connectivity index (χ2n) is 9.41. The first-order chi connectivity index (χ1) is 19.3. The van der Waals surface area contributed by atoms with Crippen molar-refractivity contribution in [2.45, 2.75) is 64.1 Å². The van der Waals surface area contributed by atoms with Crippen LogP contribution >= 0.6 is 11.3 Å². The summed E-state index contributed by atoms with van der Waals surface area (Å²) in [4.78, 5) is 36.9. The van der Waals surface area contributed by atoms with Gasteiger partial charge in [0.2, 0.25) is 0 Å². The fourth-order valence-corrected chi connectivity index (χ4v) is 5.27. The summed E-state index contributed by atoms with van der Waals surface area (Å²) in [6, 6.07) is 8.26. The molecule has 10 nitrogen and oxygen atoms in total. The lowest BCUT2D eigenvalue weighted by Gasteiger charge is -2.19. The van der Waals surface area contributed by atoms with Gasteiger partial charge < -0.3 is 15.2 Å². The van der Waals surface area contributed by atoms with Gasteiger partial charge in [-0.05, 0) is 51.0 Å². The Morgan fingerprint density at radius 1 is 1.12 bits per heavy atom. The zero-order valence-corrected chi connectivity index (χ0v) is 23.1. The van der Waals surface area contributed by atoms with Gasteiger partial charge in [0.15, 0.2) is 0 Å². The van der Waals surface area contributed by atoms with Crippen molar-refractivity contribution in [1.82, 2.24) is 4.98 Å². The van der Waals surface area contributed by atoms with E-state index in [9.17, 15) is 32.9 Å². The number of aromatic nitrogens is 1. The molecule has 0 unspecified atom stereocenters. The number of hydrogen-bond acceptors (Lipinski definition) is 8. The fraction of sp³-hybridized carbons (Fsp3) is 0.370. The van der Waals surface area contributed by atoms with Crippen molar-refractivity contribution in [3.63, 3.8) is 0 Å². The molecule has 1 aromatic heterocycles. The molecule has 3 aromatic rings. The van der Waals surface area contributed by atoms with Gasteiger partial charge in [0.25, 0.3) is 5.69 Å². The van der Waals surface area contributed by atoms with Gasteiger partial charge in [-0.25, -0.2) is 14.6 Å². The Kier molecular flexibility index (Phi) is 10.6. The molecular weight excluding hydrogens is 565 g/mol. The molecule has 0 bridgehead atoms. The molecule has 1 saturated carbocycles. The van der Waals surface area contributed by atoms with Crippen molar-refractivity contribution >= 4 is 34.9 Å². The van der Waals surface area contributed by atoms with E-state index < -0.39 is 28.8 Å². The van der Waals surface area contributed by atoms with E-state index in [0.29, 0.717) is 4.88 Å². The number of non-ortho nitro benzene ring substituents is 1. The molecular formula is C27H29F3N4O6S. The first-order valence-electron chi connectivity index (χ1n) is 12.7. The molecule has 41 heavy (non-hydrogen) atoms. The summed E-state index contributed by atoms with van der Waals surface area (Å²) in [6.07, 6.45) is 0.373. The predicted octanol–water partition coefficient (Wildman–Crippen LogP) is 7.89. The van der Waals surface area contributed by atoms with Crippen molar-refractivity contribution in [1.29, 1.82) is 0 Å². The molecule has 0 aliphatic heterocycles. The van der Waals surface area contributed by atoms with E-state index >= 15 is 0 Å². The summed E-state index contributed by atoms with van der Waals surface area (Å²) < 4.78 is 50.9. The molecule has 0 saturated heterocycles. The lowest BCUT2D eigenvalue weighted by Crippen LogP contribution is -2.17. The van der Waals surface area contributed by atoms with Crippen molar-refractivity contribution in [3.05, 3.63) is 69.3 Å². The number of alkyl halides is 3. The molecule has 220 valence electrons. The third-order valence-corrected chi connectivity index (χ3v) is 7.12. The van der Waals surface area contributed by atoms with E-state index in [2.05, 4.69) is 20.8 Å². The number of thiazole rings is 1. The first kappa shape index (κ1) is 31.3. The summed E-state index contributed by atoms with van der Waals surface area (Å²) in [5, 5.41) is 13.8. The van der Waals surface area contributed by atoms with Crippen LogP contribution in [-0.4, -0.2) is 28.2 Å².